The maximum atomic E-state index is 12.4. The fourth-order valence-corrected chi connectivity index (χ4v) is 3.47. The molecule has 0 fully saturated rings. The Balaban J connectivity index is 0.00000210. The van der Waals surface area contributed by atoms with Gasteiger partial charge in [-0.25, -0.2) is 0 Å². The second-order valence-electron chi connectivity index (χ2n) is 6.62. The van der Waals surface area contributed by atoms with Crippen LogP contribution in [0.2, 0.25) is 0 Å². The highest BCUT2D eigenvalue weighted by Gasteiger charge is 2.16. The first-order valence-corrected chi connectivity index (χ1v) is 8.97. The molecular formula is C21H23ClN2O3. The minimum Gasteiger partial charge on any atom is -0.492 e. The van der Waals surface area contributed by atoms with E-state index >= 15 is 0 Å². The normalized spacial score (nSPS) is 12.5. The van der Waals surface area contributed by atoms with Crippen molar-refractivity contribution in [3.8, 4) is 5.75 Å². The number of anilines is 1. The molecule has 142 valence electrons. The molecule has 1 aliphatic carbocycles. The van der Waals surface area contributed by atoms with E-state index in [1.54, 1.807) is 6.26 Å². The third-order valence-electron chi connectivity index (χ3n) is 4.74. The van der Waals surface area contributed by atoms with E-state index in [-0.39, 0.29) is 24.7 Å². The van der Waals surface area contributed by atoms with Crippen molar-refractivity contribution in [3.05, 3.63) is 59.4 Å². The molecule has 0 bridgehead atoms. The number of hydrogen-bond donors (Lipinski definition) is 2. The van der Waals surface area contributed by atoms with Gasteiger partial charge in [-0.15, -0.1) is 12.4 Å². The van der Waals surface area contributed by atoms with E-state index < -0.39 is 0 Å². The standard InChI is InChI=1S/C21H22N2O3.ClH/c22-8-9-25-18-6-4-17(5-7-18)23-21(24)12-16-13-26-20-11-15-3-1-2-14(15)10-19(16)20;/h4-7,10-11,13H,1-3,8-9,12,22H2,(H,23,24);1H. The molecule has 0 saturated heterocycles. The topological polar surface area (TPSA) is 77.5 Å². The van der Waals surface area contributed by atoms with Gasteiger partial charge in [-0.2, -0.15) is 0 Å². The summed E-state index contributed by atoms with van der Waals surface area (Å²) in [6.07, 6.45) is 5.41. The molecule has 5 nitrogen and oxygen atoms in total. The number of fused-ring (bicyclic) bond motifs is 2. The number of furan rings is 1. The molecule has 1 heterocycles. The number of ether oxygens (including phenoxy) is 1. The maximum Gasteiger partial charge on any atom is 0.228 e. The number of amides is 1. The summed E-state index contributed by atoms with van der Waals surface area (Å²) in [6.45, 7) is 0.948. The van der Waals surface area contributed by atoms with Gasteiger partial charge in [0.25, 0.3) is 0 Å². The molecule has 0 saturated carbocycles. The van der Waals surface area contributed by atoms with Crippen LogP contribution in [-0.2, 0) is 24.1 Å². The van der Waals surface area contributed by atoms with Crippen LogP contribution < -0.4 is 15.8 Å². The molecular weight excluding hydrogens is 364 g/mol. The van der Waals surface area contributed by atoms with Crippen LogP contribution in [0.4, 0.5) is 5.69 Å². The lowest BCUT2D eigenvalue weighted by molar-refractivity contribution is -0.115. The van der Waals surface area contributed by atoms with Gasteiger partial charge in [-0.05, 0) is 66.8 Å². The van der Waals surface area contributed by atoms with Crippen molar-refractivity contribution in [2.24, 2.45) is 5.73 Å². The van der Waals surface area contributed by atoms with E-state index in [0.717, 1.165) is 40.8 Å². The van der Waals surface area contributed by atoms with Gasteiger partial charge in [0.1, 0.15) is 17.9 Å². The van der Waals surface area contributed by atoms with Crippen LogP contribution in [-0.4, -0.2) is 19.1 Å². The molecule has 0 aliphatic heterocycles. The van der Waals surface area contributed by atoms with Crippen LogP contribution in [0.3, 0.4) is 0 Å². The number of nitrogens with two attached hydrogens (primary N) is 1. The Morgan fingerprint density at radius 1 is 1.15 bits per heavy atom. The van der Waals surface area contributed by atoms with E-state index in [1.165, 1.54) is 17.5 Å². The second kappa shape index (κ2) is 8.46. The van der Waals surface area contributed by atoms with E-state index in [4.69, 9.17) is 14.9 Å². The summed E-state index contributed by atoms with van der Waals surface area (Å²) in [6, 6.07) is 11.6. The molecule has 27 heavy (non-hydrogen) atoms. The summed E-state index contributed by atoms with van der Waals surface area (Å²) in [5.74, 6) is 0.673. The molecule has 3 N–H and O–H groups in total. The van der Waals surface area contributed by atoms with Gasteiger partial charge >= 0.3 is 0 Å². The van der Waals surface area contributed by atoms with Gasteiger partial charge in [-0.1, -0.05) is 0 Å². The van der Waals surface area contributed by atoms with Gasteiger partial charge in [0.2, 0.25) is 5.91 Å². The Bertz CT molecular complexity index is 934. The van der Waals surface area contributed by atoms with Crippen LogP contribution in [0.25, 0.3) is 11.0 Å². The van der Waals surface area contributed by atoms with Gasteiger partial charge < -0.3 is 20.2 Å². The summed E-state index contributed by atoms with van der Waals surface area (Å²) in [7, 11) is 0. The largest absolute Gasteiger partial charge is 0.492 e. The van der Waals surface area contributed by atoms with Crippen molar-refractivity contribution in [1.29, 1.82) is 0 Å². The average Bonchev–Trinajstić information content (AvgIpc) is 3.26. The number of carbonyl (C=O) groups is 1. The molecule has 0 unspecified atom stereocenters. The Labute approximate surface area is 164 Å². The quantitative estimate of drug-likeness (QED) is 0.674. The van der Waals surface area contributed by atoms with Crippen molar-refractivity contribution in [3.63, 3.8) is 0 Å². The lowest BCUT2D eigenvalue weighted by Crippen LogP contribution is -2.14. The summed E-state index contributed by atoms with van der Waals surface area (Å²) >= 11 is 0. The third kappa shape index (κ3) is 4.26. The van der Waals surface area contributed by atoms with Crippen LogP contribution in [0.5, 0.6) is 5.75 Å². The van der Waals surface area contributed by atoms with Crippen LogP contribution in [0, 0.1) is 0 Å². The molecule has 0 spiro atoms. The second-order valence-corrected chi connectivity index (χ2v) is 6.62. The molecule has 0 atom stereocenters. The summed E-state index contributed by atoms with van der Waals surface area (Å²) in [5.41, 5.74) is 10.7. The predicted molar refractivity (Wildman–Crippen MR) is 109 cm³/mol. The zero-order chi connectivity index (χ0) is 17.9. The average molecular weight is 387 g/mol. The minimum atomic E-state index is -0.0659. The first-order valence-electron chi connectivity index (χ1n) is 8.97. The summed E-state index contributed by atoms with van der Waals surface area (Å²) in [5, 5.41) is 3.97. The monoisotopic (exact) mass is 386 g/mol. The number of hydrogen-bond acceptors (Lipinski definition) is 4. The molecule has 1 aliphatic rings. The Morgan fingerprint density at radius 2 is 1.89 bits per heavy atom. The van der Waals surface area contributed by atoms with Crippen LogP contribution >= 0.6 is 12.4 Å². The highest BCUT2D eigenvalue weighted by atomic mass is 35.5. The predicted octanol–water partition coefficient (Wildman–Crippen LogP) is 3.86. The van der Waals surface area contributed by atoms with Crippen LogP contribution in [0.15, 0.2) is 47.1 Å². The molecule has 6 heteroatoms. The van der Waals surface area contributed by atoms with Crippen molar-refractivity contribution in [2.75, 3.05) is 18.5 Å². The third-order valence-corrected chi connectivity index (χ3v) is 4.74. The number of rotatable bonds is 6. The zero-order valence-electron chi connectivity index (χ0n) is 15.0. The van der Waals surface area contributed by atoms with Gasteiger partial charge in [0, 0.05) is 23.2 Å². The first kappa shape index (κ1) is 19.3. The molecule has 1 aromatic heterocycles. The summed E-state index contributed by atoms with van der Waals surface area (Å²) < 4.78 is 11.1. The Hall–Kier alpha value is -2.50. The lowest BCUT2D eigenvalue weighted by atomic mass is 10.0. The molecule has 2 aromatic carbocycles. The maximum absolute atomic E-state index is 12.4. The van der Waals surface area contributed by atoms with E-state index in [9.17, 15) is 4.79 Å². The van der Waals surface area contributed by atoms with E-state index in [0.29, 0.717) is 13.2 Å². The van der Waals surface area contributed by atoms with Crippen molar-refractivity contribution >= 4 is 35.0 Å². The number of carbonyl (C=O) groups excluding carboxylic acids is 1. The SMILES string of the molecule is Cl.NCCOc1ccc(NC(=O)Cc2coc3cc4c(cc23)CCC4)cc1. The molecule has 0 radical (unpaired) electrons. The molecule has 3 aromatic rings. The number of halogens is 1. The van der Waals surface area contributed by atoms with E-state index in [1.807, 2.05) is 24.3 Å². The summed E-state index contributed by atoms with van der Waals surface area (Å²) in [4.78, 5) is 12.4. The first-order chi connectivity index (χ1) is 12.7. The number of nitrogens with one attached hydrogen (secondary N) is 1. The number of benzene rings is 2. The number of aryl methyl sites for hydroxylation is 2. The van der Waals surface area contributed by atoms with Gasteiger partial charge in [0.15, 0.2) is 0 Å². The smallest absolute Gasteiger partial charge is 0.228 e. The van der Waals surface area contributed by atoms with Gasteiger partial charge in [0.05, 0.1) is 12.7 Å². The van der Waals surface area contributed by atoms with E-state index in [2.05, 4.69) is 17.4 Å². The minimum absolute atomic E-state index is 0. The highest BCUT2D eigenvalue weighted by molar-refractivity contribution is 5.95. The van der Waals surface area contributed by atoms with Gasteiger partial charge in [-0.3, -0.25) is 4.79 Å². The highest BCUT2D eigenvalue weighted by Crippen LogP contribution is 2.30. The van der Waals surface area contributed by atoms with Crippen LogP contribution in [0.1, 0.15) is 23.1 Å². The molecule has 4 rings (SSSR count). The van der Waals surface area contributed by atoms with Crippen molar-refractivity contribution < 1.29 is 13.9 Å². The fourth-order valence-electron chi connectivity index (χ4n) is 3.47. The Morgan fingerprint density at radius 3 is 2.63 bits per heavy atom. The fraction of sp³-hybridized carbons (Fsp3) is 0.286. The van der Waals surface area contributed by atoms with Crippen molar-refractivity contribution in [1.82, 2.24) is 0 Å². The van der Waals surface area contributed by atoms with Crippen molar-refractivity contribution in [2.45, 2.75) is 25.7 Å². The molecule has 1 amide bonds. The Kier molecular flexibility index (Phi) is 6.04. The lowest BCUT2D eigenvalue weighted by Gasteiger charge is -2.07. The zero-order valence-corrected chi connectivity index (χ0v) is 15.8.